The van der Waals surface area contributed by atoms with Crippen LogP contribution in [0, 0.1) is 0 Å². The van der Waals surface area contributed by atoms with E-state index in [0.29, 0.717) is 16.9 Å². The first-order valence-corrected chi connectivity index (χ1v) is 14.3. The van der Waals surface area contributed by atoms with E-state index < -0.39 is 11.4 Å². The van der Waals surface area contributed by atoms with Crippen LogP contribution < -0.4 is 14.9 Å². The Hall–Kier alpha value is -4.38. The molecule has 0 fully saturated rings. The molecule has 9 nitrogen and oxygen atoms in total. The quantitative estimate of drug-likeness (QED) is 0.273. The standard InChI is InChI=1S/C31H31N5O4S/c1-35-15-14-22-10-12-26(17-25(22)20-35)34-31(39)23-7-5-6-21(16-23)18-33-30(38)24-11-13-29(32-19-24)36(2)41(40)28-9-4-3-8-27(28)37/h3-13,16-17,19,37H,14-15,18,20H2,1-2H3,(H,33,38)(H,34,39). The van der Waals surface area contributed by atoms with Gasteiger partial charge in [0.2, 0.25) is 4.90 Å². The Morgan fingerprint density at radius 3 is 2.61 bits per heavy atom. The maximum Gasteiger partial charge on any atom is 0.255 e. The summed E-state index contributed by atoms with van der Waals surface area (Å²) in [5, 5.41) is 15.8. The fraction of sp³-hybridized carbons (Fsp3) is 0.194. The molecule has 0 saturated carbocycles. The molecular weight excluding hydrogens is 538 g/mol. The first kappa shape index (κ1) is 28.2. The van der Waals surface area contributed by atoms with Crippen LogP contribution in [0.2, 0.25) is 0 Å². The number of hydrogen-bond acceptors (Lipinski definition) is 7. The van der Waals surface area contributed by atoms with E-state index in [4.69, 9.17) is 0 Å². The molecule has 2 amide bonds. The second-order valence-electron chi connectivity index (χ2n) is 9.93. The molecular formula is C31H31N5O4S. The van der Waals surface area contributed by atoms with Gasteiger partial charge in [0, 0.05) is 37.1 Å². The predicted molar refractivity (Wildman–Crippen MR) is 159 cm³/mol. The highest BCUT2D eigenvalue weighted by Crippen LogP contribution is 2.27. The van der Waals surface area contributed by atoms with E-state index in [1.807, 2.05) is 18.2 Å². The molecule has 0 radical (unpaired) electrons. The Morgan fingerprint density at radius 2 is 1.83 bits per heavy atom. The summed E-state index contributed by atoms with van der Waals surface area (Å²) in [6.07, 6.45) is 2.41. The fourth-order valence-corrected chi connectivity index (χ4v) is 5.64. The number of carbonyl (C=O) groups excluding carboxylic acids is 2. The highest BCUT2D eigenvalue weighted by molar-refractivity contribution is 7.92. The number of aromatic nitrogens is 1. The van der Waals surface area contributed by atoms with Crippen molar-refractivity contribution in [3.63, 3.8) is 0 Å². The average molecular weight is 570 g/mol. The van der Waals surface area contributed by atoms with Crippen molar-refractivity contribution in [3.05, 3.63) is 113 Å². The number of phenols is 1. The summed E-state index contributed by atoms with van der Waals surface area (Å²) in [5.41, 5.74) is 4.92. The van der Waals surface area contributed by atoms with Crippen LogP contribution in [0.25, 0.3) is 0 Å². The van der Waals surface area contributed by atoms with E-state index in [1.165, 1.54) is 27.7 Å². The maximum atomic E-state index is 12.9. The van der Waals surface area contributed by atoms with Crippen LogP contribution in [0.3, 0.4) is 0 Å². The zero-order valence-electron chi connectivity index (χ0n) is 22.8. The SMILES string of the molecule is CN1CCc2ccc(NC(=O)c3cccc(CNC(=O)c4ccc(N(C)[S+]([O-])c5ccccc5O)nc4)c3)cc2C1. The molecule has 0 bridgehead atoms. The molecule has 4 aromatic rings. The minimum absolute atomic E-state index is 0.0677. The smallest absolute Gasteiger partial charge is 0.255 e. The molecule has 1 aliphatic rings. The van der Waals surface area contributed by atoms with Gasteiger partial charge >= 0.3 is 0 Å². The first-order valence-electron chi connectivity index (χ1n) is 13.2. The van der Waals surface area contributed by atoms with Crippen molar-refractivity contribution < 1.29 is 19.2 Å². The summed E-state index contributed by atoms with van der Waals surface area (Å²) >= 11 is -1.67. The van der Waals surface area contributed by atoms with Gasteiger partial charge < -0.3 is 25.2 Å². The molecule has 1 unspecified atom stereocenters. The minimum atomic E-state index is -1.67. The van der Waals surface area contributed by atoms with Crippen LogP contribution >= 0.6 is 0 Å². The molecule has 1 aromatic heterocycles. The van der Waals surface area contributed by atoms with Crippen LogP contribution in [0.4, 0.5) is 11.5 Å². The van der Waals surface area contributed by atoms with Gasteiger partial charge in [-0.3, -0.25) is 9.59 Å². The van der Waals surface area contributed by atoms with Gasteiger partial charge in [-0.25, -0.2) is 4.98 Å². The third-order valence-electron chi connectivity index (χ3n) is 6.94. The molecule has 3 N–H and O–H groups in total. The Morgan fingerprint density at radius 1 is 1.00 bits per heavy atom. The van der Waals surface area contributed by atoms with Crippen LogP contribution in [0.1, 0.15) is 37.4 Å². The summed E-state index contributed by atoms with van der Waals surface area (Å²) in [5.74, 6) is -0.232. The van der Waals surface area contributed by atoms with Crippen molar-refractivity contribution in [1.29, 1.82) is 0 Å². The van der Waals surface area contributed by atoms with Crippen molar-refractivity contribution >= 4 is 34.7 Å². The molecule has 210 valence electrons. The van der Waals surface area contributed by atoms with Crippen molar-refractivity contribution in [3.8, 4) is 5.75 Å². The monoisotopic (exact) mass is 569 g/mol. The topological polar surface area (TPSA) is 121 Å². The second kappa shape index (κ2) is 12.4. The number of nitrogens with zero attached hydrogens (tertiary/aromatic N) is 3. The number of para-hydroxylation sites is 1. The Balaban J connectivity index is 1.18. The molecule has 1 aliphatic heterocycles. The van der Waals surface area contributed by atoms with E-state index in [-0.39, 0.29) is 29.0 Å². The molecule has 2 heterocycles. The molecule has 10 heteroatoms. The lowest BCUT2D eigenvalue weighted by Crippen LogP contribution is -2.28. The molecule has 5 rings (SSSR count). The van der Waals surface area contributed by atoms with Gasteiger partial charge in [0.25, 0.3) is 11.8 Å². The van der Waals surface area contributed by atoms with E-state index in [9.17, 15) is 19.2 Å². The number of benzene rings is 3. The number of rotatable bonds is 8. The number of pyridine rings is 1. The maximum absolute atomic E-state index is 12.9. The fourth-order valence-electron chi connectivity index (χ4n) is 4.63. The lowest BCUT2D eigenvalue weighted by Gasteiger charge is -2.25. The van der Waals surface area contributed by atoms with Crippen LogP contribution in [-0.4, -0.2) is 52.0 Å². The van der Waals surface area contributed by atoms with Gasteiger partial charge in [0.05, 0.1) is 12.6 Å². The Bertz CT molecular complexity index is 1560. The molecule has 1 atom stereocenters. The summed E-state index contributed by atoms with van der Waals surface area (Å²) in [6.45, 7) is 2.12. The summed E-state index contributed by atoms with van der Waals surface area (Å²) in [7, 11) is 3.68. The number of aromatic hydroxyl groups is 1. The van der Waals surface area contributed by atoms with E-state index >= 15 is 0 Å². The van der Waals surface area contributed by atoms with Gasteiger partial charge in [0.1, 0.15) is 11.4 Å². The molecule has 41 heavy (non-hydrogen) atoms. The highest BCUT2D eigenvalue weighted by Gasteiger charge is 2.23. The van der Waals surface area contributed by atoms with Gasteiger partial charge in [-0.05, 0) is 78.7 Å². The van der Waals surface area contributed by atoms with Crippen LogP contribution in [-0.2, 0) is 30.9 Å². The molecule has 0 spiro atoms. The van der Waals surface area contributed by atoms with Crippen LogP contribution in [0.15, 0.2) is 90.0 Å². The Labute approximate surface area is 242 Å². The number of amides is 2. The van der Waals surface area contributed by atoms with Gasteiger partial charge in [-0.1, -0.05) is 30.3 Å². The lowest BCUT2D eigenvalue weighted by molar-refractivity contribution is 0.0950. The van der Waals surface area contributed by atoms with Gasteiger partial charge in [-0.2, -0.15) is 4.31 Å². The van der Waals surface area contributed by atoms with Crippen molar-refractivity contribution in [2.24, 2.45) is 0 Å². The lowest BCUT2D eigenvalue weighted by atomic mass is 9.99. The number of likely N-dealkylation sites (N-methyl/N-ethyl adjacent to an activating group) is 1. The zero-order chi connectivity index (χ0) is 28.9. The molecule has 0 saturated heterocycles. The predicted octanol–water partition coefficient (Wildman–Crippen LogP) is 4.12. The summed E-state index contributed by atoms with van der Waals surface area (Å²) < 4.78 is 14.2. The third-order valence-corrected chi connectivity index (χ3v) is 8.35. The highest BCUT2D eigenvalue weighted by atomic mass is 32.2. The molecule has 3 aromatic carbocycles. The summed E-state index contributed by atoms with van der Waals surface area (Å²) in [6, 6.07) is 22.8. The zero-order valence-corrected chi connectivity index (χ0v) is 23.6. The van der Waals surface area contributed by atoms with Gasteiger partial charge in [-0.15, -0.1) is 0 Å². The van der Waals surface area contributed by atoms with E-state index in [1.54, 1.807) is 55.6 Å². The average Bonchev–Trinajstić information content (AvgIpc) is 2.99. The number of nitrogens with one attached hydrogen (secondary N) is 2. The molecule has 0 aliphatic carbocycles. The Kier molecular flexibility index (Phi) is 8.53. The number of phenolic OH excluding ortho intramolecular Hbond substituents is 1. The van der Waals surface area contributed by atoms with E-state index in [0.717, 1.165) is 30.8 Å². The minimum Gasteiger partial charge on any atom is -0.588 e. The van der Waals surface area contributed by atoms with Crippen molar-refractivity contribution in [1.82, 2.24) is 15.2 Å². The van der Waals surface area contributed by atoms with Gasteiger partial charge in [0.15, 0.2) is 11.6 Å². The number of hydrogen-bond donors (Lipinski definition) is 3. The van der Waals surface area contributed by atoms with Crippen molar-refractivity contribution in [2.45, 2.75) is 24.4 Å². The normalized spacial score (nSPS) is 13.6. The number of anilines is 2. The van der Waals surface area contributed by atoms with Crippen LogP contribution in [0.5, 0.6) is 5.75 Å². The number of fused-ring (bicyclic) bond motifs is 1. The van der Waals surface area contributed by atoms with Crippen molar-refractivity contribution in [2.75, 3.05) is 30.3 Å². The summed E-state index contributed by atoms with van der Waals surface area (Å²) in [4.78, 5) is 32.5. The van der Waals surface area contributed by atoms with E-state index in [2.05, 4.69) is 33.6 Å². The third kappa shape index (κ3) is 6.68. The first-order chi connectivity index (χ1) is 19.8. The number of carbonyl (C=O) groups is 2. The second-order valence-corrected chi connectivity index (χ2v) is 11.4. The largest absolute Gasteiger partial charge is 0.588 e.